The zero-order valence-electron chi connectivity index (χ0n) is 10.4. The van der Waals surface area contributed by atoms with Crippen molar-refractivity contribution in [2.75, 3.05) is 12.8 Å². The van der Waals surface area contributed by atoms with E-state index in [-0.39, 0.29) is 5.25 Å². The normalized spacial score (nSPS) is 14.2. The van der Waals surface area contributed by atoms with Gasteiger partial charge in [0.1, 0.15) is 0 Å². The molecule has 0 fully saturated rings. The van der Waals surface area contributed by atoms with Gasteiger partial charge in [0.15, 0.2) is 0 Å². The van der Waals surface area contributed by atoms with Gasteiger partial charge in [0.05, 0.1) is 0 Å². The van der Waals surface area contributed by atoms with Crippen LogP contribution in [-0.2, 0) is 17.3 Å². The van der Waals surface area contributed by atoms with E-state index in [1.165, 1.54) is 0 Å². The molecule has 100 valence electrons. The molecule has 3 N–H and O–H groups in total. The van der Waals surface area contributed by atoms with Gasteiger partial charge in [-0.25, -0.2) is 0 Å². The van der Waals surface area contributed by atoms with E-state index < -0.39 is 16.7 Å². The molecular formula is C12H17ClN2O2S. The molecule has 0 bridgehead atoms. The molecule has 1 rings (SSSR count). The Morgan fingerprint density at radius 2 is 2.22 bits per heavy atom. The molecule has 0 aliphatic heterocycles. The highest BCUT2D eigenvalue weighted by atomic mass is 35.5. The third kappa shape index (κ3) is 4.40. The van der Waals surface area contributed by atoms with Gasteiger partial charge in [0, 0.05) is 46.0 Å². The topological polar surface area (TPSA) is 72.2 Å². The van der Waals surface area contributed by atoms with E-state index in [4.69, 9.17) is 17.3 Å². The van der Waals surface area contributed by atoms with Gasteiger partial charge < -0.3 is 11.1 Å². The monoisotopic (exact) mass is 288 g/mol. The molecule has 18 heavy (non-hydrogen) atoms. The predicted octanol–water partition coefficient (Wildman–Crippen LogP) is 1.30. The molecule has 0 spiro atoms. The molecule has 4 nitrogen and oxygen atoms in total. The van der Waals surface area contributed by atoms with Crippen molar-refractivity contribution in [2.45, 2.75) is 18.7 Å². The average Bonchev–Trinajstić information content (AvgIpc) is 2.30. The Morgan fingerprint density at radius 1 is 1.56 bits per heavy atom. The number of nitrogens with one attached hydrogen (secondary N) is 1. The number of hydrogen-bond acceptors (Lipinski definition) is 3. The minimum atomic E-state index is -0.840. The molecule has 1 aromatic carbocycles. The van der Waals surface area contributed by atoms with E-state index in [0.717, 1.165) is 5.56 Å². The van der Waals surface area contributed by atoms with Crippen molar-refractivity contribution in [2.24, 2.45) is 5.73 Å². The van der Waals surface area contributed by atoms with Gasteiger partial charge in [-0.3, -0.25) is 9.00 Å². The summed E-state index contributed by atoms with van der Waals surface area (Å²) < 4.78 is 11.2. The molecule has 0 saturated heterocycles. The summed E-state index contributed by atoms with van der Waals surface area (Å²) in [6, 6.07) is 4.97. The van der Waals surface area contributed by atoms with Gasteiger partial charge in [0.2, 0.25) is 5.91 Å². The number of hydrogen-bond donors (Lipinski definition) is 2. The van der Waals surface area contributed by atoms with Crippen LogP contribution in [0.2, 0.25) is 5.02 Å². The van der Waals surface area contributed by atoms with Crippen molar-refractivity contribution < 1.29 is 9.00 Å². The van der Waals surface area contributed by atoms with Crippen molar-refractivity contribution in [3.05, 3.63) is 34.3 Å². The summed E-state index contributed by atoms with van der Waals surface area (Å²) in [5, 5.41) is 3.77. The lowest BCUT2D eigenvalue weighted by atomic mass is 10.1. The van der Waals surface area contributed by atoms with Crippen LogP contribution >= 0.6 is 11.6 Å². The summed E-state index contributed by atoms with van der Waals surface area (Å²) in [6.07, 6.45) is 1.68. The van der Waals surface area contributed by atoms with Crippen LogP contribution in [0.3, 0.4) is 0 Å². The SMILES string of the molecule is CC(CNCc1ccc(C(N)=O)cc1Cl)S(C)=O. The molecule has 2 atom stereocenters. The van der Waals surface area contributed by atoms with Crippen LogP contribution in [0.1, 0.15) is 22.8 Å². The van der Waals surface area contributed by atoms with E-state index in [1.807, 2.05) is 6.92 Å². The average molecular weight is 289 g/mol. The van der Waals surface area contributed by atoms with Gasteiger partial charge >= 0.3 is 0 Å². The number of carbonyl (C=O) groups is 1. The van der Waals surface area contributed by atoms with Crippen molar-refractivity contribution >= 4 is 28.3 Å². The molecule has 0 aliphatic rings. The van der Waals surface area contributed by atoms with Gasteiger partial charge in [-0.1, -0.05) is 17.7 Å². The minimum Gasteiger partial charge on any atom is -0.366 e. The Morgan fingerprint density at radius 3 is 2.72 bits per heavy atom. The molecule has 1 aromatic rings. The number of primary amides is 1. The van der Waals surface area contributed by atoms with Gasteiger partial charge in [0.25, 0.3) is 0 Å². The number of benzene rings is 1. The lowest BCUT2D eigenvalue weighted by Gasteiger charge is -2.11. The summed E-state index contributed by atoms with van der Waals surface area (Å²) in [6.45, 7) is 3.14. The third-order valence-electron chi connectivity index (χ3n) is 2.65. The van der Waals surface area contributed by atoms with Gasteiger partial charge in [-0.2, -0.15) is 0 Å². The number of carbonyl (C=O) groups excluding carboxylic acids is 1. The lowest BCUT2D eigenvalue weighted by molar-refractivity contribution is 0.100. The van der Waals surface area contributed by atoms with Crippen LogP contribution in [0.4, 0.5) is 0 Å². The highest BCUT2D eigenvalue weighted by Crippen LogP contribution is 2.17. The second-order valence-corrected chi connectivity index (χ2v) is 6.32. The number of halogens is 1. The first-order valence-corrected chi connectivity index (χ1v) is 7.53. The third-order valence-corrected chi connectivity index (χ3v) is 4.30. The zero-order valence-corrected chi connectivity index (χ0v) is 12.0. The summed E-state index contributed by atoms with van der Waals surface area (Å²) in [5.41, 5.74) is 6.44. The van der Waals surface area contributed by atoms with E-state index in [1.54, 1.807) is 24.5 Å². The first-order valence-electron chi connectivity index (χ1n) is 5.53. The maximum Gasteiger partial charge on any atom is 0.248 e. The van der Waals surface area contributed by atoms with Crippen molar-refractivity contribution in [3.8, 4) is 0 Å². The zero-order chi connectivity index (χ0) is 13.7. The molecule has 0 saturated carbocycles. The highest BCUT2D eigenvalue weighted by molar-refractivity contribution is 7.84. The van der Waals surface area contributed by atoms with E-state index in [2.05, 4.69) is 5.32 Å². The van der Waals surface area contributed by atoms with E-state index in [9.17, 15) is 9.00 Å². The predicted molar refractivity (Wildman–Crippen MR) is 75.2 cm³/mol. The highest BCUT2D eigenvalue weighted by Gasteiger charge is 2.08. The number of amides is 1. The fraction of sp³-hybridized carbons (Fsp3) is 0.417. The summed E-state index contributed by atoms with van der Waals surface area (Å²) in [5.74, 6) is -0.494. The Bertz CT molecular complexity index is 465. The molecule has 0 heterocycles. The summed E-state index contributed by atoms with van der Waals surface area (Å²) in [4.78, 5) is 11.0. The molecular weight excluding hydrogens is 272 g/mol. The van der Waals surface area contributed by atoms with Gasteiger partial charge in [-0.05, 0) is 24.6 Å². The van der Waals surface area contributed by atoms with Crippen molar-refractivity contribution in [1.29, 1.82) is 0 Å². The van der Waals surface area contributed by atoms with E-state index in [0.29, 0.717) is 23.7 Å². The molecule has 6 heteroatoms. The Hall–Kier alpha value is -0.910. The fourth-order valence-electron chi connectivity index (χ4n) is 1.37. The van der Waals surface area contributed by atoms with E-state index >= 15 is 0 Å². The summed E-state index contributed by atoms with van der Waals surface area (Å²) >= 11 is 6.04. The molecule has 0 radical (unpaired) electrons. The van der Waals surface area contributed by atoms with Crippen molar-refractivity contribution in [3.63, 3.8) is 0 Å². The van der Waals surface area contributed by atoms with Crippen LogP contribution in [-0.4, -0.2) is 28.2 Å². The quantitative estimate of drug-likeness (QED) is 0.829. The minimum absolute atomic E-state index is 0.0914. The first-order chi connectivity index (χ1) is 8.41. The van der Waals surface area contributed by atoms with Crippen LogP contribution in [0.5, 0.6) is 0 Å². The molecule has 0 aromatic heterocycles. The standard InChI is InChI=1S/C12H17ClN2O2S/c1-8(18(2)17)6-15-7-10-4-3-9(12(14)16)5-11(10)13/h3-5,8,15H,6-7H2,1-2H3,(H2,14,16). The number of nitrogens with two attached hydrogens (primary N) is 1. The Labute approximate surface area is 114 Å². The Balaban J connectivity index is 2.58. The first kappa shape index (κ1) is 15.1. The molecule has 0 aliphatic carbocycles. The summed E-state index contributed by atoms with van der Waals surface area (Å²) in [7, 11) is -0.840. The second-order valence-electron chi connectivity index (χ2n) is 4.11. The van der Waals surface area contributed by atoms with Crippen LogP contribution in [0.15, 0.2) is 18.2 Å². The maximum atomic E-state index is 11.2. The lowest BCUT2D eigenvalue weighted by Crippen LogP contribution is -2.27. The van der Waals surface area contributed by atoms with Crippen LogP contribution in [0.25, 0.3) is 0 Å². The van der Waals surface area contributed by atoms with Crippen molar-refractivity contribution in [1.82, 2.24) is 5.32 Å². The fourth-order valence-corrected chi connectivity index (χ4v) is 1.97. The number of rotatable bonds is 6. The molecule has 1 amide bonds. The van der Waals surface area contributed by atoms with Gasteiger partial charge in [-0.15, -0.1) is 0 Å². The second kappa shape index (κ2) is 6.87. The Kier molecular flexibility index (Phi) is 5.78. The van der Waals surface area contributed by atoms with Crippen LogP contribution < -0.4 is 11.1 Å². The smallest absolute Gasteiger partial charge is 0.248 e. The maximum absolute atomic E-state index is 11.2. The van der Waals surface area contributed by atoms with Crippen LogP contribution in [0, 0.1) is 0 Å². The largest absolute Gasteiger partial charge is 0.366 e. The molecule has 2 unspecified atom stereocenters.